The monoisotopic (exact) mass is 562 g/mol. The molecule has 0 radical (unpaired) electrons. The Kier molecular flexibility index (Phi) is 8.47. The SMILES string of the molecule is COc1cccc(C(C(=O)Nc2ccc(N(C)C)cc2)N(Cc2ccc(C)cc2)C(=O)Cn2nnc3ccccc32)c1. The fourth-order valence-electron chi connectivity index (χ4n) is 4.80. The molecule has 1 heterocycles. The number of benzene rings is 4. The Morgan fingerprint density at radius 2 is 1.67 bits per heavy atom. The normalized spacial score (nSPS) is 11.6. The van der Waals surface area contributed by atoms with E-state index in [1.54, 1.807) is 22.8 Å². The summed E-state index contributed by atoms with van der Waals surface area (Å²) in [5.74, 6) is -0.0347. The zero-order valence-electron chi connectivity index (χ0n) is 24.2. The number of rotatable bonds is 10. The summed E-state index contributed by atoms with van der Waals surface area (Å²) in [6, 6.07) is 29.3. The number of amides is 2. The standard InChI is InChI=1S/C33H34N6O3/c1-23-12-14-24(15-13-23)21-38(31(40)22-39-30-11-6-5-10-29(30)35-36-39)32(25-8-7-9-28(20-25)42-4)33(41)34-26-16-18-27(19-17-26)37(2)3/h5-20,32H,21-22H2,1-4H3,(H,34,41). The molecule has 0 aliphatic heterocycles. The molecule has 42 heavy (non-hydrogen) atoms. The van der Waals surface area contributed by atoms with E-state index >= 15 is 0 Å². The summed E-state index contributed by atoms with van der Waals surface area (Å²) in [6.07, 6.45) is 0. The van der Waals surface area contributed by atoms with Crippen molar-refractivity contribution in [3.05, 3.63) is 114 Å². The van der Waals surface area contributed by atoms with Gasteiger partial charge in [-0.3, -0.25) is 9.59 Å². The third-order valence-electron chi connectivity index (χ3n) is 7.12. The smallest absolute Gasteiger partial charge is 0.251 e. The Morgan fingerprint density at radius 1 is 0.929 bits per heavy atom. The van der Waals surface area contributed by atoms with Crippen LogP contribution in [0.1, 0.15) is 22.7 Å². The molecule has 0 bridgehead atoms. The van der Waals surface area contributed by atoms with Crippen LogP contribution in [0.15, 0.2) is 97.1 Å². The van der Waals surface area contributed by atoms with E-state index in [0.29, 0.717) is 22.5 Å². The van der Waals surface area contributed by atoms with Crippen molar-refractivity contribution in [2.24, 2.45) is 0 Å². The molecule has 1 atom stereocenters. The number of hydrogen-bond acceptors (Lipinski definition) is 6. The van der Waals surface area contributed by atoms with Crippen LogP contribution in [0.25, 0.3) is 11.0 Å². The molecule has 1 aromatic heterocycles. The van der Waals surface area contributed by atoms with Crippen molar-refractivity contribution >= 4 is 34.2 Å². The van der Waals surface area contributed by atoms with Crippen molar-refractivity contribution in [3.63, 3.8) is 0 Å². The summed E-state index contributed by atoms with van der Waals surface area (Å²) >= 11 is 0. The van der Waals surface area contributed by atoms with Gasteiger partial charge in [0.1, 0.15) is 23.9 Å². The number of ether oxygens (including phenoxy) is 1. The molecule has 5 aromatic rings. The van der Waals surface area contributed by atoms with Crippen LogP contribution in [0.5, 0.6) is 5.75 Å². The quantitative estimate of drug-likeness (QED) is 0.251. The van der Waals surface area contributed by atoms with Gasteiger partial charge >= 0.3 is 0 Å². The lowest BCUT2D eigenvalue weighted by Gasteiger charge is -2.32. The molecule has 9 nitrogen and oxygen atoms in total. The highest BCUT2D eigenvalue weighted by atomic mass is 16.5. The topological polar surface area (TPSA) is 92.6 Å². The highest BCUT2D eigenvalue weighted by Gasteiger charge is 2.32. The van der Waals surface area contributed by atoms with Crippen LogP contribution in [-0.4, -0.2) is 52.9 Å². The summed E-state index contributed by atoms with van der Waals surface area (Å²) < 4.78 is 7.05. The van der Waals surface area contributed by atoms with E-state index in [-0.39, 0.29) is 24.9 Å². The average Bonchev–Trinajstić information content (AvgIpc) is 3.40. The van der Waals surface area contributed by atoms with Gasteiger partial charge in [-0.2, -0.15) is 0 Å². The van der Waals surface area contributed by atoms with Crippen LogP contribution in [-0.2, 0) is 22.7 Å². The van der Waals surface area contributed by atoms with E-state index in [1.807, 2.05) is 117 Å². The van der Waals surface area contributed by atoms with E-state index < -0.39 is 6.04 Å². The van der Waals surface area contributed by atoms with E-state index in [0.717, 1.165) is 22.3 Å². The van der Waals surface area contributed by atoms with Crippen molar-refractivity contribution in [1.82, 2.24) is 19.9 Å². The molecule has 0 aliphatic carbocycles. The Labute approximate surface area is 245 Å². The lowest BCUT2D eigenvalue weighted by molar-refractivity contribution is -0.140. The van der Waals surface area contributed by atoms with Gasteiger partial charge in [-0.15, -0.1) is 5.10 Å². The van der Waals surface area contributed by atoms with Gasteiger partial charge in [0.25, 0.3) is 5.91 Å². The fraction of sp³-hybridized carbons (Fsp3) is 0.212. The van der Waals surface area contributed by atoms with Crippen LogP contribution in [0.4, 0.5) is 11.4 Å². The maximum atomic E-state index is 14.2. The summed E-state index contributed by atoms with van der Waals surface area (Å²) in [7, 11) is 5.49. The molecule has 214 valence electrons. The average molecular weight is 563 g/mol. The minimum atomic E-state index is -0.961. The molecule has 2 amide bonds. The maximum absolute atomic E-state index is 14.2. The number of aromatic nitrogens is 3. The van der Waals surface area contributed by atoms with Crippen molar-refractivity contribution in [2.75, 3.05) is 31.4 Å². The molecule has 1 unspecified atom stereocenters. The second kappa shape index (κ2) is 12.6. The Hall–Kier alpha value is -5.18. The largest absolute Gasteiger partial charge is 0.497 e. The Morgan fingerprint density at radius 3 is 2.38 bits per heavy atom. The summed E-state index contributed by atoms with van der Waals surface area (Å²) in [5, 5.41) is 11.5. The number of fused-ring (bicyclic) bond motifs is 1. The second-order valence-electron chi connectivity index (χ2n) is 10.4. The van der Waals surface area contributed by atoms with Gasteiger partial charge in [-0.25, -0.2) is 4.68 Å². The molecular weight excluding hydrogens is 528 g/mol. The van der Waals surface area contributed by atoms with Gasteiger partial charge in [-0.05, 0) is 66.6 Å². The molecule has 4 aromatic carbocycles. The first-order valence-electron chi connectivity index (χ1n) is 13.7. The van der Waals surface area contributed by atoms with Crippen LogP contribution in [0.3, 0.4) is 0 Å². The number of carbonyl (C=O) groups excluding carboxylic acids is 2. The minimum absolute atomic E-state index is 0.0857. The second-order valence-corrected chi connectivity index (χ2v) is 10.4. The first-order chi connectivity index (χ1) is 20.3. The number of aryl methyl sites for hydroxylation is 1. The highest BCUT2D eigenvalue weighted by Crippen LogP contribution is 2.29. The van der Waals surface area contributed by atoms with E-state index in [2.05, 4.69) is 15.6 Å². The molecule has 0 spiro atoms. The van der Waals surface area contributed by atoms with Gasteiger partial charge in [0.05, 0.1) is 12.6 Å². The fourth-order valence-corrected chi connectivity index (χ4v) is 4.80. The van der Waals surface area contributed by atoms with Gasteiger partial charge in [0.15, 0.2) is 0 Å². The van der Waals surface area contributed by atoms with E-state index in [9.17, 15) is 9.59 Å². The summed E-state index contributed by atoms with van der Waals surface area (Å²) in [5.41, 5.74) is 5.70. The lowest BCUT2D eigenvalue weighted by atomic mass is 10.0. The van der Waals surface area contributed by atoms with Crippen molar-refractivity contribution in [1.29, 1.82) is 0 Å². The molecule has 0 saturated carbocycles. The number of methoxy groups -OCH3 is 1. The Bertz CT molecular complexity index is 1680. The van der Waals surface area contributed by atoms with Crippen LogP contribution >= 0.6 is 0 Å². The van der Waals surface area contributed by atoms with Gasteiger partial charge < -0.3 is 19.9 Å². The molecule has 0 saturated heterocycles. The lowest BCUT2D eigenvalue weighted by Crippen LogP contribution is -2.42. The molecule has 9 heteroatoms. The number of hydrogen-bond donors (Lipinski definition) is 1. The predicted octanol–water partition coefficient (Wildman–Crippen LogP) is 5.22. The van der Waals surface area contributed by atoms with Crippen LogP contribution < -0.4 is 15.0 Å². The molecular formula is C33H34N6O3. The number of para-hydroxylation sites is 1. The van der Waals surface area contributed by atoms with E-state index in [4.69, 9.17) is 4.74 Å². The zero-order valence-corrected chi connectivity index (χ0v) is 24.2. The number of anilines is 2. The van der Waals surface area contributed by atoms with Crippen molar-refractivity contribution in [2.45, 2.75) is 26.1 Å². The minimum Gasteiger partial charge on any atom is -0.497 e. The van der Waals surface area contributed by atoms with Gasteiger partial charge in [0, 0.05) is 32.0 Å². The number of nitrogens with zero attached hydrogens (tertiary/aromatic N) is 5. The molecule has 0 aliphatic rings. The van der Waals surface area contributed by atoms with Crippen LogP contribution in [0, 0.1) is 6.92 Å². The number of nitrogens with one attached hydrogen (secondary N) is 1. The van der Waals surface area contributed by atoms with Crippen molar-refractivity contribution < 1.29 is 14.3 Å². The highest BCUT2D eigenvalue weighted by molar-refractivity contribution is 5.98. The maximum Gasteiger partial charge on any atom is 0.251 e. The zero-order chi connectivity index (χ0) is 29.6. The molecule has 0 fully saturated rings. The number of carbonyl (C=O) groups is 2. The van der Waals surface area contributed by atoms with Crippen LogP contribution in [0.2, 0.25) is 0 Å². The molecule has 1 N–H and O–H groups in total. The van der Waals surface area contributed by atoms with Gasteiger partial charge in [0.2, 0.25) is 5.91 Å². The van der Waals surface area contributed by atoms with Crippen molar-refractivity contribution in [3.8, 4) is 5.75 Å². The predicted molar refractivity (Wildman–Crippen MR) is 164 cm³/mol. The third kappa shape index (κ3) is 6.41. The van der Waals surface area contributed by atoms with E-state index in [1.165, 1.54) is 0 Å². The first kappa shape index (κ1) is 28.4. The third-order valence-corrected chi connectivity index (χ3v) is 7.12. The summed E-state index contributed by atoms with van der Waals surface area (Å²) in [6.45, 7) is 2.13. The Balaban J connectivity index is 1.55. The summed E-state index contributed by atoms with van der Waals surface area (Å²) in [4.78, 5) is 31.9. The first-order valence-corrected chi connectivity index (χ1v) is 13.7. The molecule has 5 rings (SSSR count). The van der Waals surface area contributed by atoms with Gasteiger partial charge in [-0.1, -0.05) is 59.3 Å².